The number of halogens is 4. The lowest BCUT2D eigenvalue weighted by molar-refractivity contribution is -0.140. The van der Waals surface area contributed by atoms with Crippen LogP contribution in [0.4, 0.5) is 28.2 Å². The van der Waals surface area contributed by atoms with Crippen LogP contribution in [-0.4, -0.2) is 53.3 Å². The highest BCUT2D eigenvalue weighted by Crippen LogP contribution is 2.35. The lowest BCUT2D eigenvalue weighted by atomic mass is 10.00. The fourth-order valence-corrected chi connectivity index (χ4v) is 4.56. The molecule has 1 aromatic carbocycles. The average Bonchev–Trinajstić information content (AvgIpc) is 3.17. The van der Waals surface area contributed by atoms with Crippen molar-refractivity contribution in [2.24, 2.45) is 0 Å². The van der Waals surface area contributed by atoms with Gasteiger partial charge in [0.25, 0.3) is 0 Å². The highest BCUT2D eigenvalue weighted by Gasteiger charge is 2.37. The molecule has 10 heteroatoms. The third-order valence-electron chi connectivity index (χ3n) is 6.32. The molecule has 2 amide bonds. The summed E-state index contributed by atoms with van der Waals surface area (Å²) in [6, 6.07) is 5.47. The molecule has 1 unspecified atom stereocenters. The Labute approximate surface area is 194 Å². The molecular formula is C24H26F4N4O2. The van der Waals surface area contributed by atoms with Crippen molar-refractivity contribution in [1.29, 1.82) is 0 Å². The van der Waals surface area contributed by atoms with Gasteiger partial charge < -0.3 is 19.9 Å². The number of carbonyl (C=O) groups is 2. The van der Waals surface area contributed by atoms with Gasteiger partial charge in [-0.3, -0.25) is 0 Å². The third kappa shape index (κ3) is 5.15. The van der Waals surface area contributed by atoms with Crippen LogP contribution in [0.2, 0.25) is 0 Å². The molecule has 182 valence electrons. The smallest absolute Gasteiger partial charge is 0.370 e. The molecule has 4 rings (SSSR count). The first-order valence-corrected chi connectivity index (χ1v) is 11.4. The lowest BCUT2D eigenvalue weighted by Crippen LogP contribution is -2.35. The molecule has 1 aromatic heterocycles. The molecule has 1 atom stereocenters. The van der Waals surface area contributed by atoms with Gasteiger partial charge in [0.05, 0.1) is 11.6 Å². The topological polar surface area (TPSA) is 65.5 Å². The van der Waals surface area contributed by atoms with Crippen molar-refractivity contribution < 1.29 is 27.2 Å². The van der Waals surface area contributed by atoms with Gasteiger partial charge in [0.2, 0.25) is 0 Å². The summed E-state index contributed by atoms with van der Waals surface area (Å²) in [5.41, 5.74) is 0.816. The number of nitrogens with one attached hydrogen (secondary N) is 1. The van der Waals surface area contributed by atoms with Crippen molar-refractivity contribution in [3.8, 4) is 0 Å². The van der Waals surface area contributed by atoms with Crippen LogP contribution >= 0.6 is 0 Å². The number of pyridine rings is 1. The second kappa shape index (κ2) is 9.99. The van der Waals surface area contributed by atoms with Gasteiger partial charge in [-0.05, 0) is 55.0 Å². The van der Waals surface area contributed by atoms with Gasteiger partial charge in [0.1, 0.15) is 17.9 Å². The van der Waals surface area contributed by atoms with E-state index in [0.717, 1.165) is 37.0 Å². The largest absolute Gasteiger partial charge is 0.419 e. The van der Waals surface area contributed by atoms with Gasteiger partial charge >= 0.3 is 12.2 Å². The molecule has 0 saturated carbocycles. The molecule has 1 fully saturated rings. The van der Waals surface area contributed by atoms with Crippen molar-refractivity contribution in [3.05, 3.63) is 58.5 Å². The zero-order valence-corrected chi connectivity index (χ0v) is 18.6. The molecule has 0 radical (unpaired) electrons. The van der Waals surface area contributed by atoms with E-state index in [2.05, 4.69) is 16.4 Å². The van der Waals surface area contributed by atoms with E-state index in [4.69, 9.17) is 0 Å². The molecular weight excluding hydrogens is 452 g/mol. The molecule has 2 aromatic rings. The van der Waals surface area contributed by atoms with Crippen LogP contribution < -0.4 is 5.32 Å². The Kier molecular flexibility index (Phi) is 7.04. The fraction of sp³-hybridized carbons (Fsp3) is 0.458. The Hall–Kier alpha value is -3.17. The minimum atomic E-state index is -4.87. The summed E-state index contributed by atoms with van der Waals surface area (Å²) < 4.78 is 53.2. The number of anilines is 1. The number of alkyl halides is 3. The predicted molar refractivity (Wildman–Crippen MR) is 118 cm³/mol. The van der Waals surface area contributed by atoms with Crippen LogP contribution in [0.3, 0.4) is 0 Å². The maximum Gasteiger partial charge on any atom is 0.419 e. The van der Waals surface area contributed by atoms with Gasteiger partial charge in [0, 0.05) is 38.3 Å². The second-order valence-electron chi connectivity index (χ2n) is 8.56. The van der Waals surface area contributed by atoms with Crippen molar-refractivity contribution in [1.82, 2.24) is 14.8 Å². The van der Waals surface area contributed by atoms with Crippen LogP contribution in [0, 0.1) is 5.82 Å². The standard InChI is InChI=1S/C24H26F4N4O2/c25-20-8-6-17(15-19(20)24(26,27)28)21(9-14-33)32-13-12-31(23(32)34)11-2-4-18-7-5-16-3-1-10-29-22(16)30-18/h5-8,14-15,21H,1-4,9-13H2,(H,29,30). The number of aromatic nitrogens is 1. The first-order chi connectivity index (χ1) is 16.3. The van der Waals surface area contributed by atoms with Gasteiger partial charge in [-0.25, -0.2) is 14.2 Å². The average molecular weight is 478 g/mol. The van der Waals surface area contributed by atoms with Crippen LogP contribution in [-0.2, 0) is 23.8 Å². The normalized spacial score (nSPS) is 16.9. The van der Waals surface area contributed by atoms with E-state index < -0.39 is 23.6 Å². The van der Waals surface area contributed by atoms with E-state index in [1.54, 1.807) is 4.90 Å². The highest BCUT2D eigenvalue weighted by molar-refractivity contribution is 5.77. The number of carbonyl (C=O) groups excluding carboxylic acids is 2. The molecule has 6 nitrogen and oxygen atoms in total. The van der Waals surface area contributed by atoms with Crippen molar-refractivity contribution in [2.45, 2.75) is 44.3 Å². The van der Waals surface area contributed by atoms with E-state index in [-0.39, 0.29) is 24.6 Å². The summed E-state index contributed by atoms with van der Waals surface area (Å²) in [6.45, 7) is 2.05. The molecule has 1 N–H and O–H groups in total. The molecule has 2 aliphatic heterocycles. The van der Waals surface area contributed by atoms with E-state index in [1.165, 1.54) is 16.5 Å². The Bertz CT molecular complexity index is 1060. The fourth-order valence-electron chi connectivity index (χ4n) is 4.56. The predicted octanol–water partition coefficient (Wildman–Crippen LogP) is 4.60. The second-order valence-corrected chi connectivity index (χ2v) is 8.56. The maximum absolute atomic E-state index is 13.7. The van der Waals surface area contributed by atoms with Crippen LogP contribution in [0.15, 0.2) is 30.3 Å². The van der Waals surface area contributed by atoms with Crippen molar-refractivity contribution >= 4 is 18.1 Å². The maximum atomic E-state index is 13.7. The zero-order valence-electron chi connectivity index (χ0n) is 18.6. The number of aldehydes is 1. The molecule has 0 bridgehead atoms. The number of rotatable bonds is 8. The Morgan fingerprint density at radius 3 is 2.76 bits per heavy atom. The van der Waals surface area contributed by atoms with Crippen LogP contribution in [0.1, 0.15) is 47.7 Å². The van der Waals surface area contributed by atoms with Gasteiger partial charge in [0.15, 0.2) is 0 Å². The first-order valence-electron chi connectivity index (χ1n) is 11.4. The number of fused-ring (bicyclic) bond motifs is 1. The quantitative estimate of drug-likeness (QED) is 0.445. The van der Waals surface area contributed by atoms with Gasteiger partial charge in [-0.2, -0.15) is 13.2 Å². The Morgan fingerprint density at radius 1 is 1.18 bits per heavy atom. The number of aryl methyl sites for hydroxylation is 2. The van der Waals surface area contributed by atoms with Crippen molar-refractivity contribution in [3.63, 3.8) is 0 Å². The number of hydrogen-bond donors (Lipinski definition) is 1. The number of benzene rings is 1. The molecule has 0 spiro atoms. The monoisotopic (exact) mass is 478 g/mol. The number of hydrogen-bond acceptors (Lipinski definition) is 4. The summed E-state index contributed by atoms with van der Waals surface area (Å²) >= 11 is 0. The number of amides is 2. The number of nitrogens with zero attached hydrogens (tertiary/aromatic N) is 3. The summed E-state index contributed by atoms with van der Waals surface area (Å²) in [6.07, 6.45) is -1.02. The minimum absolute atomic E-state index is 0.0850. The SMILES string of the molecule is O=CCC(c1ccc(F)c(C(F)(F)F)c1)N1CCN(CCCc2ccc3c(n2)NCCC3)C1=O. The van der Waals surface area contributed by atoms with E-state index in [1.807, 2.05) is 6.07 Å². The Morgan fingerprint density at radius 2 is 2.00 bits per heavy atom. The molecule has 3 heterocycles. The lowest BCUT2D eigenvalue weighted by Gasteiger charge is -2.27. The van der Waals surface area contributed by atoms with Gasteiger partial charge in [-0.1, -0.05) is 12.1 Å². The van der Waals surface area contributed by atoms with E-state index in [9.17, 15) is 27.2 Å². The van der Waals surface area contributed by atoms with E-state index >= 15 is 0 Å². The molecule has 2 aliphatic rings. The summed E-state index contributed by atoms with van der Waals surface area (Å²) in [5.74, 6) is -0.470. The molecule has 0 aliphatic carbocycles. The summed E-state index contributed by atoms with van der Waals surface area (Å²) in [4.78, 5) is 31.9. The highest BCUT2D eigenvalue weighted by atomic mass is 19.4. The molecule has 1 saturated heterocycles. The summed E-state index contributed by atoms with van der Waals surface area (Å²) in [5, 5.41) is 3.30. The van der Waals surface area contributed by atoms with Crippen LogP contribution in [0.5, 0.6) is 0 Å². The first kappa shape index (κ1) is 24.0. The zero-order chi connectivity index (χ0) is 24.3. The minimum Gasteiger partial charge on any atom is -0.370 e. The third-order valence-corrected chi connectivity index (χ3v) is 6.32. The summed E-state index contributed by atoms with van der Waals surface area (Å²) in [7, 11) is 0. The van der Waals surface area contributed by atoms with Crippen molar-refractivity contribution in [2.75, 3.05) is 31.5 Å². The van der Waals surface area contributed by atoms with Crippen LogP contribution in [0.25, 0.3) is 0 Å². The number of urea groups is 1. The Balaban J connectivity index is 1.40. The van der Waals surface area contributed by atoms with Gasteiger partial charge in [-0.15, -0.1) is 0 Å². The molecule has 34 heavy (non-hydrogen) atoms. The van der Waals surface area contributed by atoms with E-state index in [0.29, 0.717) is 38.3 Å².